The molecule has 2 unspecified atom stereocenters. The van der Waals surface area contributed by atoms with E-state index < -0.39 is 0 Å². The van der Waals surface area contributed by atoms with Crippen LogP contribution < -0.4 is 14.8 Å². The number of rotatable bonds is 9. The number of ether oxygens (including phenoxy) is 3. The van der Waals surface area contributed by atoms with Gasteiger partial charge in [-0.3, -0.25) is 14.9 Å². The Bertz CT molecular complexity index is 714. The average Bonchev–Trinajstić information content (AvgIpc) is 2.73. The van der Waals surface area contributed by atoms with Crippen molar-refractivity contribution in [2.24, 2.45) is 5.92 Å². The number of piperidine rings is 1. The van der Waals surface area contributed by atoms with Gasteiger partial charge in [-0.15, -0.1) is 0 Å². The maximum atomic E-state index is 12.9. The van der Waals surface area contributed by atoms with E-state index in [4.69, 9.17) is 14.2 Å². The van der Waals surface area contributed by atoms with E-state index in [1.165, 1.54) is 0 Å². The second-order valence-corrected chi connectivity index (χ2v) is 8.04. The molecule has 1 heterocycles. The summed E-state index contributed by atoms with van der Waals surface area (Å²) < 4.78 is 16.3. The van der Waals surface area contributed by atoms with Crippen LogP contribution in [-0.2, 0) is 14.3 Å². The van der Waals surface area contributed by atoms with E-state index in [-0.39, 0.29) is 36.0 Å². The van der Waals surface area contributed by atoms with Crippen molar-refractivity contribution in [3.8, 4) is 11.5 Å². The van der Waals surface area contributed by atoms with Crippen LogP contribution in [-0.4, -0.2) is 55.7 Å². The molecule has 0 spiro atoms. The van der Waals surface area contributed by atoms with Crippen molar-refractivity contribution >= 4 is 11.9 Å². The lowest BCUT2D eigenvalue weighted by molar-refractivity contribution is -0.151. The molecule has 1 fully saturated rings. The van der Waals surface area contributed by atoms with E-state index >= 15 is 0 Å². The minimum Gasteiger partial charge on any atom is -0.493 e. The van der Waals surface area contributed by atoms with E-state index in [1.807, 2.05) is 57.7 Å². The van der Waals surface area contributed by atoms with E-state index in [9.17, 15) is 9.59 Å². The zero-order valence-electron chi connectivity index (χ0n) is 19.1. The molecule has 2 atom stereocenters. The van der Waals surface area contributed by atoms with Crippen LogP contribution in [0.3, 0.4) is 0 Å². The zero-order chi connectivity index (χ0) is 22.3. The monoisotopic (exact) mass is 420 g/mol. The number of methoxy groups -OCH3 is 1. The first-order valence-corrected chi connectivity index (χ1v) is 10.8. The van der Waals surface area contributed by atoms with Crippen LogP contribution in [0, 0.1) is 5.92 Å². The molecule has 1 amide bonds. The van der Waals surface area contributed by atoms with E-state index in [0.29, 0.717) is 44.0 Å². The topological polar surface area (TPSA) is 77.1 Å². The third-order valence-electron chi connectivity index (χ3n) is 5.35. The van der Waals surface area contributed by atoms with Crippen molar-refractivity contribution in [2.45, 2.75) is 65.6 Å². The van der Waals surface area contributed by atoms with E-state index in [0.717, 1.165) is 5.56 Å². The van der Waals surface area contributed by atoms with Gasteiger partial charge in [0.15, 0.2) is 11.5 Å². The minimum absolute atomic E-state index is 0.0389. The summed E-state index contributed by atoms with van der Waals surface area (Å²) in [5, 5.41) is 3.38. The Labute approximate surface area is 180 Å². The van der Waals surface area contributed by atoms with Crippen LogP contribution in [0.2, 0.25) is 0 Å². The summed E-state index contributed by atoms with van der Waals surface area (Å²) in [6, 6.07) is 5.45. The van der Waals surface area contributed by atoms with Crippen molar-refractivity contribution in [1.29, 1.82) is 0 Å². The smallest absolute Gasteiger partial charge is 0.309 e. The van der Waals surface area contributed by atoms with Crippen molar-refractivity contribution < 1.29 is 23.8 Å². The Morgan fingerprint density at radius 2 is 1.80 bits per heavy atom. The molecule has 1 N–H and O–H groups in total. The SMILES string of the molecule is CCOC(=O)C1CCN(C(=O)C(C)NC(C)c2ccc(OC(C)C)c(OC)c2)CC1. The lowest BCUT2D eigenvalue weighted by Gasteiger charge is -2.33. The molecule has 7 heteroatoms. The van der Waals surface area contributed by atoms with Crippen molar-refractivity contribution in [2.75, 3.05) is 26.8 Å². The van der Waals surface area contributed by atoms with Gasteiger partial charge in [-0.25, -0.2) is 0 Å². The van der Waals surface area contributed by atoms with Crippen molar-refractivity contribution in [1.82, 2.24) is 10.2 Å². The predicted molar refractivity (Wildman–Crippen MR) is 116 cm³/mol. The van der Waals surface area contributed by atoms with Gasteiger partial charge in [-0.05, 0) is 65.2 Å². The molecule has 1 saturated heterocycles. The maximum absolute atomic E-state index is 12.9. The Hall–Kier alpha value is -2.28. The first kappa shape index (κ1) is 24.0. The molecule has 0 saturated carbocycles. The predicted octanol–water partition coefficient (Wildman–Crippen LogP) is 3.32. The number of likely N-dealkylation sites (tertiary alicyclic amines) is 1. The van der Waals surface area contributed by atoms with Crippen LogP contribution in [0.15, 0.2) is 18.2 Å². The van der Waals surface area contributed by atoms with Crippen molar-refractivity contribution in [3.05, 3.63) is 23.8 Å². The Morgan fingerprint density at radius 1 is 1.13 bits per heavy atom. The molecule has 1 aliphatic heterocycles. The summed E-state index contributed by atoms with van der Waals surface area (Å²) in [6.45, 7) is 11.2. The molecule has 0 radical (unpaired) electrons. The quantitative estimate of drug-likeness (QED) is 0.618. The Balaban J connectivity index is 1.93. The highest BCUT2D eigenvalue weighted by atomic mass is 16.5. The summed E-state index contributed by atoms with van der Waals surface area (Å²) in [6.07, 6.45) is 1.37. The maximum Gasteiger partial charge on any atom is 0.309 e. The molecule has 7 nitrogen and oxygen atoms in total. The second-order valence-electron chi connectivity index (χ2n) is 8.04. The number of esters is 1. The number of carbonyl (C=O) groups is 2. The van der Waals surface area contributed by atoms with Crippen LogP contribution in [0.25, 0.3) is 0 Å². The first-order chi connectivity index (χ1) is 14.3. The third-order valence-corrected chi connectivity index (χ3v) is 5.35. The van der Waals surface area contributed by atoms with Crippen LogP contribution >= 0.6 is 0 Å². The Kier molecular flexibility index (Phi) is 8.96. The summed E-state index contributed by atoms with van der Waals surface area (Å²) in [5.74, 6) is 1.18. The highest BCUT2D eigenvalue weighted by molar-refractivity contribution is 5.82. The minimum atomic E-state index is -0.336. The van der Waals surface area contributed by atoms with Gasteiger partial charge >= 0.3 is 5.97 Å². The van der Waals surface area contributed by atoms with E-state index in [2.05, 4.69) is 5.32 Å². The molecule has 168 valence electrons. The average molecular weight is 421 g/mol. The Morgan fingerprint density at radius 3 is 2.37 bits per heavy atom. The summed E-state index contributed by atoms with van der Waals surface area (Å²) >= 11 is 0. The molecular formula is C23H36N2O5. The van der Waals surface area contributed by atoms with Crippen LogP contribution in [0.4, 0.5) is 0 Å². The molecule has 1 aromatic carbocycles. The fourth-order valence-electron chi connectivity index (χ4n) is 3.72. The lowest BCUT2D eigenvalue weighted by atomic mass is 9.96. The molecule has 1 aliphatic rings. The van der Waals surface area contributed by atoms with Gasteiger partial charge in [0.25, 0.3) is 0 Å². The highest BCUT2D eigenvalue weighted by Gasteiger charge is 2.30. The number of amides is 1. The molecule has 0 bridgehead atoms. The number of nitrogens with one attached hydrogen (secondary N) is 1. The molecular weight excluding hydrogens is 384 g/mol. The third kappa shape index (κ3) is 6.36. The zero-order valence-corrected chi connectivity index (χ0v) is 19.1. The number of hydrogen-bond acceptors (Lipinski definition) is 6. The number of nitrogens with zero attached hydrogens (tertiary/aromatic N) is 1. The van der Waals surface area contributed by atoms with Gasteiger partial charge in [-0.1, -0.05) is 6.07 Å². The van der Waals surface area contributed by atoms with E-state index in [1.54, 1.807) is 7.11 Å². The number of hydrogen-bond donors (Lipinski definition) is 1. The number of carbonyl (C=O) groups excluding carboxylic acids is 2. The van der Waals surface area contributed by atoms with Gasteiger partial charge in [0.2, 0.25) is 5.91 Å². The van der Waals surface area contributed by atoms with Crippen LogP contribution in [0.1, 0.15) is 59.1 Å². The molecule has 1 aromatic rings. The largest absolute Gasteiger partial charge is 0.493 e. The molecule has 2 rings (SSSR count). The molecule has 0 aromatic heterocycles. The molecule has 30 heavy (non-hydrogen) atoms. The van der Waals surface area contributed by atoms with Gasteiger partial charge < -0.3 is 19.1 Å². The number of benzene rings is 1. The fourth-order valence-corrected chi connectivity index (χ4v) is 3.72. The molecule has 0 aliphatic carbocycles. The van der Waals surface area contributed by atoms with Gasteiger partial charge in [0.1, 0.15) is 0 Å². The highest BCUT2D eigenvalue weighted by Crippen LogP contribution is 2.31. The lowest BCUT2D eigenvalue weighted by Crippen LogP contribution is -2.49. The normalized spacial score (nSPS) is 16.8. The van der Waals surface area contributed by atoms with Gasteiger partial charge in [-0.2, -0.15) is 0 Å². The fraction of sp³-hybridized carbons (Fsp3) is 0.652. The van der Waals surface area contributed by atoms with Gasteiger partial charge in [0, 0.05) is 19.1 Å². The summed E-state index contributed by atoms with van der Waals surface area (Å²) in [4.78, 5) is 26.6. The summed E-state index contributed by atoms with van der Waals surface area (Å²) in [7, 11) is 1.62. The standard InChI is InChI=1S/C23H36N2O5/c1-7-29-23(27)18-10-12-25(13-11-18)22(26)17(5)24-16(4)19-8-9-20(30-15(2)3)21(14-19)28-6/h8-9,14-18,24H,7,10-13H2,1-6H3. The second kappa shape index (κ2) is 11.2. The van der Waals surface area contributed by atoms with Crippen molar-refractivity contribution in [3.63, 3.8) is 0 Å². The summed E-state index contributed by atoms with van der Waals surface area (Å²) in [5.41, 5.74) is 1.02. The van der Waals surface area contributed by atoms with Crippen LogP contribution in [0.5, 0.6) is 11.5 Å². The first-order valence-electron chi connectivity index (χ1n) is 10.8. The van der Waals surface area contributed by atoms with Gasteiger partial charge in [0.05, 0.1) is 31.8 Å².